The molecule has 3 heteroatoms. The Bertz CT molecular complexity index is 526. The van der Waals surface area contributed by atoms with Crippen molar-refractivity contribution < 1.29 is 9.90 Å². The Morgan fingerprint density at radius 3 is 2.75 bits per heavy atom. The zero-order valence-corrected chi connectivity index (χ0v) is 12.7. The fourth-order valence-corrected chi connectivity index (χ4v) is 1.96. The van der Waals surface area contributed by atoms with E-state index in [1.807, 2.05) is 32.2 Å². The Balaban J connectivity index is 3.04. The molecule has 1 rings (SSSR count). The summed E-state index contributed by atoms with van der Waals surface area (Å²) in [5.74, 6) is 5.91. The van der Waals surface area contributed by atoms with Gasteiger partial charge in [0, 0.05) is 19.2 Å². The van der Waals surface area contributed by atoms with Crippen LogP contribution in [-0.2, 0) is 0 Å². The van der Waals surface area contributed by atoms with Gasteiger partial charge in [-0.1, -0.05) is 43.7 Å². The van der Waals surface area contributed by atoms with Gasteiger partial charge < -0.3 is 10.0 Å². The maximum Gasteiger partial charge on any atom is 0.254 e. The second-order valence-corrected chi connectivity index (χ2v) is 5.21. The van der Waals surface area contributed by atoms with Crippen molar-refractivity contribution in [3.05, 3.63) is 34.9 Å². The van der Waals surface area contributed by atoms with Crippen LogP contribution in [0.25, 0.3) is 0 Å². The average molecular weight is 273 g/mol. The van der Waals surface area contributed by atoms with Crippen LogP contribution in [0.2, 0.25) is 0 Å². The van der Waals surface area contributed by atoms with E-state index in [4.69, 9.17) is 5.11 Å². The summed E-state index contributed by atoms with van der Waals surface area (Å²) in [5.41, 5.74) is 2.31. The summed E-state index contributed by atoms with van der Waals surface area (Å²) in [6.45, 7) is 6.73. The van der Waals surface area contributed by atoms with E-state index in [1.54, 1.807) is 4.90 Å². The molecule has 1 unspecified atom stereocenters. The van der Waals surface area contributed by atoms with Gasteiger partial charge in [0.25, 0.3) is 5.91 Å². The molecule has 0 aliphatic heterocycles. The highest BCUT2D eigenvalue weighted by atomic mass is 16.2. The van der Waals surface area contributed by atoms with E-state index in [0.29, 0.717) is 17.0 Å². The van der Waals surface area contributed by atoms with E-state index in [1.165, 1.54) is 0 Å². The minimum Gasteiger partial charge on any atom is -0.384 e. The highest BCUT2D eigenvalue weighted by Crippen LogP contribution is 2.14. The largest absolute Gasteiger partial charge is 0.384 e. The number of hydrogen-bond donors (Lipinski definition) is 1. The first-order valence-electron chi connectivity index (χ1n) is 6.95. The van der Waals surface area contributed by atoms with Crippen molar-refractivity contribution in [1.29, 1.82) is 0 Å². The first kappa shape index (κ1) is 16.3. The molecular formula is C17H23NO2. The molecule has 3 nitrogen and oxygen atoms in total. The molecule has 20 heavy (non-hydrogen) atoms. The molecule has 0 aliphatic carbocycles. The number of aliphatic hydroxyl groups is 1. The lowest BCUT2D eigenvalue weighted by atomic mass is 10.0. The normalized spacial score (nSPS) is 11.4. The Kier molecular flexibility index (Phi) is 6.27. The Morgan fingerprint density at radius 2 is 2.15 bits per heavy atom. The molecule has 1 N–H and O–H groups in total. The number of aliphatic hydroxyl groups excluding tert-OH is 1. The number of hydrogen-bond acceptors (Lipinski definition) is 2. The molecule has 0 bridgehead atoms. The van der Waals surface area contributed by atoms with Crippen LogP contribution in [0.5, 0.6) is 0 Å². The third kappa shape index (κ3) is 4.40. The molecule has 0 saturated heterocycles. The van der Waals surface area contributed by atoms with Crippen LogP contribution in [0.3, 0.4) is 0 Å². The molecule has 1 aromatic carbocycles. The molecule has 0 fully saturated rings. The van der Waals surface area contributed by atoms with Gasteiger partial charge in [0.15, 0.2) is 0 Å². The lowest BCUT2D eigenvalue weighted by molar-refractivity contribution is 0.0774. The number of benzene rings is 1. The van der Waals surface area contributed by atoms with Gasteiger partial charge in [-0.15, -0.1) is 0 Å². The van der Waals surface area contributed by atoms with Crippen LogP contribution >= 0.6 is 0 Å². The predicted molar refractivity (Wildman–Crippen MR) is 81.6 cm³/mol. The van der Waals surface area contributed by atoms with E-state index in [-0.39, 0.29) is 12.5 Å². The zero-order chi connectivity index (χ0) is 15.1. The standard InChI is InChI=1S/C17H23NO2/c1-5-13(2)12-18(4)17(20)16-11-14(3)8-9-15(16)7-6-10-19/h8-9,11,13,19H,5,10,12H2,1-4H3. The third-order valence-corrected chi connectivity index (χ3v) is 3.34. The number of amides is 1. The molecule has 0 radical (unpaired) electrons. The summed E-state index contributed by atoms with van der Waals surface area (Å²) in [5, 5.41) is 8.80. The number of carbonyl (C=O) groups excluding carboxylic acids is 1. The van der Waals surface area contributed by atoms with Gasteiger partial charge in [-0.3, -0.25) is 4.79 Å². The third-order valence-electron chi connectivity index (χ3n) is 3.34. The Labute approximate surface area is 121 Å². The number of aryl methyl sites for hydroxylation is 1. The van der Waals surface area contributed by atoms with Crippen LogP contribution in [0.15, 0.2) is 18.2 Å². The van der Waals surface area contributed by atoms with Gasteiger partial charge in [-0.25, -0.2) is 0 Å². The van der Waals surface area contributed by atoms with Gasteiger partial charge >= 0.3 is 0 Å². The fourth-order valence-electron chi connectivity index (χ4n) is 1.96. The van der Waals surface area contributed by atoms with E-state index in [9.17, 15) is 4.79 Å². The van der Waals surface area contributed by atoms with E-state index in [0.717, 1.165) is 18.5 Å². The minimum absolute atomic E-state index is 0.0174. The molecule has 0 aliphatic rings. The van der Waals surface area contributed by atoms with Gasteiger partial charge in [0.1, 0.15) is 6.61 Å². The number of rotatable bonds is 4. The highest BCUT2D eigenvalue weighted by Gasteiger charge is 2.16. The smallest absolute Gasteiger partial charge is 0.254 e. The van der Waals surface area contributed by atoms with Crippen molar-refractivity contribution in [3.8, 4) is 11.8 Å². The van der Waals surface area contributed by atoms with Crippen LogP contribution < -0.4 is 0 Å². The van der Waals surface area contributed by atoms with Crippen LogP contribution in [0.1, 0.15) is 41.8 Å². The van der Waals surface area contributed by atoms with Gasteiger partial charge in [0.2, 0.25) is 0 Å². The Hall–Kier alpha value is -1.79. The van der Waals surface area contributed by atoms with E-state index < -0.39 is 0 Å². The van der Waals surface area contributed by atoms with Crippen LogP contribution in [0.4, 0.5) is 0 Å². The van der Waals surface area contributed by atoms with Crippen molar-refractivity contribution in [1.82, 2.24) is 4.90 Å². The molecule has 1 atom stereocenters. The van der Waals surface area contributed by atoms with E-state index >= 15 is 0 Å². The highest BCUT2D eigenvalue weighted by molar-refractivity contribution is 5.96. The first-order valence-corrected chi connectivity index (χ1v) is 6.95. The number of carbonyl (C=O) groups is 1. The maximum absolute atomic E-state index is 12.5. The van der Waals surface area contributed by atoms with Crippen molar-refractivity contribution in [2.75, 3.05) is 20.2 Å². The summed E-state index contributed by atoms with van der Waals surface area (Å²) in [6, 6.07) is 5.62. The predicted octanol–water partition coefficient (Wildman–Crippen LogP) is 2.46. The monoisotopic (exact) mass is 273 g/mol. The van der Waals surface area contributed by atoms with Crippen molar-refractivity contribution in [2.24, 2.45) is 5.92 Å². The molecule has 0 saturated carbocycles. The van der Waals surface area contributed by atoms with Crippen molar-refractivity contribution in [3.63, 3.8) is 0 Å². The molecule has 0 aromatic heterocycles. The summed E-state index contributed by atoms with van der Waals surface area (Å²) < 4.78 is 0. The topological polar surface area (TPSA) is 40.5 Å². The quantitative estimate of drug-likeness (QED) is 0.856. The summed E-state index contributed by atoms with van der Waals surface area (Å²) >= 11 is 0. The molecule has 108 valence electrons. The van der Waals surface area contributed by atoms with E-state index in [2.05, 4.69) is 25.7 Å². The average Bonchev–Trinajstić information content (AvgIpc) is 2.44. The second kappa shape index (κ2) is 7.72. The van der Waals surface area contributed by atoms with Crippen LogP contribution in [-0.4, -0.2) is 36.1 Å². The Morgan fingerprint density at radius 1 is 1.45 bits per heavy atom. The van der Waals surface area contributed by atoms with Crippen molar-refractivity contribution >= 4 is 5.91 Å². The molecular weight excluding hydrogens is 250 g/mol. The number of nitrogens with zero attached hydrogens (tertiary/aromatic N) is 1. The lowest BCUT2D eigenvalue weighted by Gasteiger charge is -2.21. The van der Waals surface area contributed by atoms with Gasteiger partial charge in [-0.2, -0.15) is 0 Å². The lowest BCUT2D eigenvalue weighted by Crippen LogP contribution is -2.31. The van der Waals surface area contributed by atoms with Gasteiger partial charge in [-0.05, 0) is 25.0 Å². The maximum atomic E-state index is 12.5. The van der Waals surface area contributed by atoms with Crippen molar-refractivity contribution in [2.45, 2.75) is 27.2 Å². The zero-order valence-electron chi connectivity index (χ0n) is 12.7. The molecule has 1 amide bonds. The first-order chi connectivity index (χ1) is 9.49. The second-order valence-electron chi connectivity index (χ2n) is 5.21. The SMILES string of the molecule is CCC(C)CN(C)C(=O)c1cc(C)ccc1C#CCO. The summed E-state index contributed by atoms with van der Waals surface area (Å²) in [7, 11) is 1.82. The van der Waals surface area contributed by atoms with Crippen LogP contribution in [0, 0.1) is 24.7 Å². The summed E-state index contributed by atoms with van der Waals surface area (Å²) in [6.07, 6.45) is 1.04. The molecule has 0 spiro atoms. The summed E-state index contributed by atoms with van der Waals surface area (Å²) in [4.78, 5) is 14.3. The molecule has 1 aromatic rings. The molecule has 0 heterocycles. The minimum atomic E-state index is -0.204. The van der Waals surface area contributed by atoms with Gasteiger partial charge in [0.05, 0.1) is 5.56 Å². The fraction of sp³-hybridized carbons (Fsp3) is 0.471.